The number of fused-ring (bicyclic) bond motifs is 1. The summed E-state index contributed by atoms with van der Waals surface area (Å²) in [4.78, 5) is 2.24. The minimum absolute atomic E-state index is 0.0481. The number of rotatable bonds is 1. The first-order valence-electron chi connectivity index (χ1n) is 6.82. The third-order valence-corrected chi connectivity index (χ3v) is 5.93. The second-order valence-electron chi connectivity index (χ2n) is 5.36. The molecule has 3 rings (SSSR count). The summed E-state index contributed by atoms with van der Waals surface area (Å²) in [6.45, 7) is 0. The van der Waals surface area contributed by atoms with Gasteiger partial charge in [-0.05, 0) is 25.0 Å². The molecule has 4 nitrogen and oxygen atoms in total. The highest BCUT2D eigenvalue weighted by Gasteiger charge is 2.35. The van der Waals surface area contributed by atoms with Crippen LogP contribution in [-0.2, 0) is 10.0 Å². The molecule has 0 N–H and O–H groups in total. The highest BCUT2D eigenvalue weighted by Crippen LogP contribution is 2.32. The number of benzene rings is 1. The topological polar surface area (TPSA) is 49.7 Å². The number of halogens is 1. The maximum Gasteiger partial charge on any atom is 0.285 e. The molecule has 2 unspecified atom stereocenters. The fourth-order valence-corrected chi connectivity index (χ4v) is 4.69. The zero-order valence-electron chi connectivity index (χ0n) is 11.3. The molecule has 20 heavy (non-hydrogen) atoms. The number of alkyl halides is 1. The van der Waals surface area contributed by atoms with E-state index in [-0.39, 0.29) is 11.4 Å². The van der Waals surface area contributed by atoms with E-state index in [2.05, 4.69) is 4.40 Å². The normalized spacial score (nSPS) is 27.8. The molecule has 0 spiro atoms. The van der Waals surface area contributed by atoms with Crippen LogP contribution in [0.15, 0.2) is 33.6 Å². The Kier molecular flexibility index (Phi) is 3.50. The van der Waals surface area contributed by atoms with Crippen LogP contribution in [0.1, 0.15) is 31.2 Å². The molecule has 2 aliphatic rings. The first-order valence-corrected chi connectivity index (χ1v) is 8.69. The summed E-state index contributed by atoms with van der Waals surface area (Å²) in [7, 11) is -1.66. The summed E-state index contributed by atoms with van der Waals surface area (Å²) in [6, 6.07) is 7.11. The van der Waals surface area contributed by atoms with Crippen molar-refractivity contribution in [3.63, 3.8) is 0 Å². The van der Waals surface area contributed by atoms with E-state index in [0.717, 1.165) is 25.7 Å². The fraction of sp³-hybridized carbons (Fsp3) is 0.500. The molecule has 0 radical (unpaired) electrons. The molecule has 6 heteroatoms. The van der Waals surface area contributed by atoms with E-state index in [9.17, 15) is 8.42 Å². The summed E-state index contributed by atoms with van der Waals surface area (Å²) in [5.74, 6) is 0.526. The van der Waals surface area contributed by atoms with Crippen molar-refractivity contribution in [2.75, 3.05) is 7.05 Å². The van der Waals surface area contributed by atoms with E-state index in [1.165, 1.54) is 0 Å². The number of sulfonamides is 1. The maximum absolute atomic E-state index is 12.1. The Balaban J connectivity index is 1.99. The van der Waals surface area contributed by atoms with Gasteiger partial charge >= 0.3 is 0 Å². The Morgan fingerprint density at radius 1 is 1.25 bits per heavy atom. The summed E-state index contributed by atoms with van der Waals surface area (Å²) in [5, 5.41) is 0.0481. The van der Waals surface area contributed by atoms with Crippen molar-refractivity contribution < 1.29 is 8.42 Å². The van der Waals surface area contributed by atoms with E-state index >= 15 is 0 Å². The molecule has 0 aromatic heterocycles. The maximum atomic E-state index is 12.1. The molecule has 108 valence electrons. The van der Waals surface area contributed by atoms with Gasteiger partial charge in [0.05, 0.1) is 5.38 Å². The molecule has 1 aliphatic heterocycles. The summed E-state index contributed by atoms with van der Waals surface area (Å²) >= 11 is 6.41. The molecule has 1 heterocycles. The van der Waals surface area contributed by atoms with Gasteiger partial charge in [-0.25, -0.2) is 0 Å². The lowest BCUT2D eigenvalue weighted by atomic mass is 9.93. The Labute approximate surface area is 124 Å². The van der Waals surface area contributed by atoms with Crippen molar-refractivity contribution in [3.8, 4) is 0 Å². The molecule has 1 aromatic carbocycles. The summed E-state index contributed by atoms with van der Waals surface area (Å²) in [6.07, 6.45) is 4.21. The van der Waals surface area contributed by atoms with Crippen molar-refractivity contribution in [1.82, 2.24) is 4.90 Å². The molecule has 0 amide bonds. The number of amidine groups is 1. The highest BCUT2D eigenvalue weighted by molar-refractivity contribution is 7.90. The minimum Gasteiger partial charge on any atom is -0.354 e. The van der Waals surface area contributed by atoms with Gasteiger partial charge in [0.2, 0.25) is 0 Å². The Hall–Kier alpha value is -1.07. The largest absolute Gasteiger partial charge is 0.354 e. The van der Waals surface area contributed by atoms with Crippen molar-refractivity contribution >= 4 is 27.5 Å². The molecule has 0 bridgehead atoms. The van der Waals surface area contributed by atoms with Crippen LogP contribution in [0.2, 0.25) is 0 Å². The van der Waals surface area contributed by atoms with E-state index in [0.29, 0.717) is 16.3 Å². The van der Waals surface area contributed by atoms with Gasteiger partial charge < -0.3 is 4.90 Å². The number of nitrogens with zero attached hydrogens (tertiary/aromatic N) is 2. The van der Waals surface area contributed by atoms with E-state index in [1.54, 1.807) is 18.2 Å². The van der Waals surface area contributed by atoms with Gasteiger partial charge in [0.25, 0.3) is 10.0 Å². The van der Waals surface area contributed by atoms with Crippen LogP contribution in [0.4, 0.5) is 0 Å². The zero-order chi connectivity index (χ0) is 14.3. The monoisotopic (exact) mass is 312 g/mol. The third kappa shape index (κ3) is 2.23. The van der Waals surface area contributed by atoms with Crippen LogP contribution in [0, 0.1) is 0 Å². The van der Waals surface area contributed by atoms with Gasteiger partial charge in [0.1, 0.15) is 4.90 Å². The standard InChI is InChI=1S/C14H17ClN2O2S/c1-17(12-8-4-3-7-11(12)15)14-10-6-2-5-9-13(10)20(18,19)16-14/h2,5-6,9,11-12H,3-4,7-8H2,1H3. The molecule has 0 saturated heterocycles. The Bertz CT molecular complexity index is 657. The van der Waals surface area contributed by atoms with Gasteiger partial charge in [-0.1, -0.05) is 25.0 Å². The first kappa shape index (κ1) is 13.9. The third-order valence-electron chi connectivity index (χ3n) is 4.09. The average Bonchev–Trinajstić information content (AvgIpc) is 2.71. The molecular weight excluding hydrogens is 296 g/mol. The smallest absolute Gasteiger partial charge is 0.285 e. The second kappa shape index (κ2) is 5.04. The Morgan fingerprint density at radius 3 is 2.70 bits per heavy atom. The highest BCUT2D eigenvalue weighted by atomic mass is 35.5. The minimum atomic E-state index is -3.55. The van der Waals surface area contributed by atoms with Crippen molar-refractivity contribution in [1.29, 1.82) is 0 Å². The van der Waals surface area contributed by atoms with Gasteiger partial charge in [0.15, 0.2) is 5.84 Å². The quantitative estimate of drug-likeness (QED) is 0.749. The molecule has 1 fully saturated rings. The number of hydrogen-bond acceptors (Lipinski definition) is 3. The molecule has 1 aliphatic carbocycles. The van der Waals surface area contributed by atoms with Crippen LogP contribution in [0.5, 0.6) is 0 Å². The molecule has 2 atom stereocenters. The predicted octanol–water partition coefficient (Wildman–Crippen LogP) is 2.62. The van der Waals surface area contributed by atoms with E-state index in [4.69, 9.17) is 11.6 Å². The predicted molar refractivity (Wildman–Crippen MR) is 79.8 cm³/mol. The van der Waals surface area contributed by atoms with Gasteiger partial charge in [0, 0.05) is 18.7 Å². The van der Waals surface area contributed by atoms with Crippen LogP contribution >= 0.6 is 11.6 Å². The molecule has 1 aromatic rings. The molecular formula is C14H17ClN2O2S. The van der Waals surface area contributed by atoms with Gasteiger partial charge in [-0.15, -0.1) is 16.0 Å². The van der Waals surface area contributed by atoms with E-state index in [1.807, 2.05) is 18.0 Å². The first-order chi connectivity index (χ1) is 9.50. The van der Waals surface area contributed by atoms with Crippen molar-refractivity contribution in [2.24, 2.45) is 4.40 Å². The van der Waals surface area contributed by atoms with Crippen LogP contribution in [0.3, 0.4) is 0 Å². The Morgan fingerprint density at radius 2 is 1.95 bits per heavy atom. The summed E-state index contributed by atoms with van der Waals surface area (Å²) in [5.41, 5.74) is 0.685. The van der Waals surface area contributed by atoms with Crippen LogP contribution in [0.25, 0.3) is 0 Å². The van der Waals surface area contributed by atoms with Crippen molar-refractivity contribution in [2.45, 2.75) is 42.0 Å². The molecule has 1 saturated carbocycles. The fourth-order valence-electron chi connectivity index (χ4n) is 3.00. The van der Waals surface area contributed by atoms with Gasteiger partial charge in [-0.3, -0.25) is 0 Å². The lowest BCUT2D eigenvalue weighted by Crippen LogP contribution is -2.44. The second-order valence-corrected chi connectivity index (χ2v) is 7.50. The zero-order valence-corrected chi connectivity index (χ0v) is 12.9. The van der Waals surface area contributed by atoms with Crippen LogP contribution < -0.4 is 0 Å². The van der Waals surface area contributed by atoms with Gasteiger partial charge in [-0.2, -0.15) is 8.42 Å². The lowest BCUT2D eigenvalue weighted by molar-refractivity contribution is 0.284. The van der Waals surface area contributed by atoms with E-state index < -0.39 is 10.0 Å². The average molecular weight is 313 g/mol. The lowest BCUT2D eigenvalue weighted by Gasteiger charge is -2.36. The number of hydrogen-bond donors (Lipinski definition) is 0. The SMILES string of the molecule is CN(C1=NS(=O)(=O)c2ccccc21)C1CCCCC1Cl. The van der Waals surface area contributed by atoms with Crippen molar-refractivity contribution in [3.05, 3.63) is 29.8 Å². The summed E-state index contributed by atoms with van der Waals surface area (Å²) < 4.78 is 28.1. The van der Waals surface area contributed by atoms with Crippen LogP contribution in [-0.4, -0.2) is 37.6 Å².